The highest BCUT2D eigenvalue weighted by Crippen LogP contribution is 2.34. The van der Waals surface area contributed by atoms with Crippen molar-refractivity contribution in [2.24, 2.45) is 0 Å². The molecule has 3 N–H and O–H groups in total. The van der Waals surface area contributed by atoms with E-state index in [1.165, 1.54) is 10.8 Å². The first-order valence-electron chi connectivity index (χ1n) is 8.11. The minimum absolute atomic E-state index is 0.648. The summed E-state index contributed by atoms with van der Waals surface area (Å²) in [5.41, 5.74) is 10.8. The molecule has 2 heterocycles. The molecule has 5 aromatic rings. The number of rotatable bonds is 2. The first kappa shape index (κ1) is 13.9. The number of furan rings is 1. The fraction of sp³-hybridized carbons (Fsp3) is 0. The average molecular weight is 325 g/mol. The van der Waals surface area contributed by atoms with Crippen molar-refractivity contribution in [2.45, 2.75) is 0 Å². The summed E-state index contributed by atoms with van der Waals surface area (Å²) in [4.78, 5) is 7.89. The molecule has 0 aliphatic carbocycles. The molecule has 0 radical (unpaired) electrons. The molecule has 0 unspecified atom stereocenters. The number of hydrogen-bond acceptors (Lipinski definition) is 3. The summed E-state index contributed by atoms with van der Waals surface area (Å²) in [6, 6.07) is 22.4. The molecule has 0 bridgehead atoms. The molecule has 0 spiro atoms. The van der Waals surface area contributed by atoms with Gasteiger partial charge in [0.2, 0.25) is 0 Å². The van der Waals surface area contributed by atoms with Gasteiger partial charge in [-0.05, 0) is 46.2 Å². The van der Waals surface area contributed by atoms with Gasteiger partial charge in [0.25, 0.3) is 0 Å². The second-order valence-electron chi connectivity index (χ2n) is 6.05. The number of imidazole rings is 1. The highest BCUT2D eigenvalue weighted by atomic mass is 16.3. The molecule has 0 saturated carbocycles. The van der Waals surface area contributed by atoms with Crippen LogP contribution in [0.2, 0.25) is 0 Å². The summed E-state index contributed by atoms with van der Waals surface area (Å²) in [5, 5.41) is 2.41. The van der Waals surface area contributed by atoms with Gasteiger partial charge in [-0.2, -0.15) is 0 Å². The van der Waals surface area contributed by atoms with Gasteiger partial charge in [-0.1, -0.05) is 42.5 Å². The maximum absolute atomic E-state index is 6.29. The van der Waals surface area contributed by atoms with Crippen LogP contribution in [0.4, 0.5) is 5.69 Å². The quantitative estimate of drug-likeness (QED) is 0.437. The van der Waals surface area contributed by atoms with E-state index in [2.05, 4.69) is 52.4 Å². The van der Waals surface area contributed by atoms with Crippen molar-refractivity contribution >= 4 is 27.5 Å². The van der Waals surface area contributed by atoms with Crippen molar-refractivity contribution < 1.29 is 4.42 Å². The Kier molecular flexibility index (Phi) is 2.91. The van der Waals surface area contributed by atoms with Crippen LogP contribution < -0.4 is 5.73 Å². The van der Waals surface area contributed by atoms with Gasteiger partial charge >= 0.3 is 0 Å². The molecular weight excluding hydrogens is 310 g/mol. The van der Waals surface area contributed by atoms with Crippen molar-refractivity contribution in [1.82, 2.24) is 9.97 Å². The van der Waals surface area contributed by atoms with Crippen LogP contribution in [0.5, 0.6) is 0 Å². The third kappa shape index (κ3) is 2.19. The molecule has 0 amide bonds. The Morgan fingerprint density at radius 1 is 0.920 bits per heavy atom. The van der Waals surface area contributed by atoms with Crippen LogP contribution >= 0.6 is 0 Å². The SMILES string of the molecule is Nc1cc(-c2cccc3ccccc23)cc2[nH]c(-c3ccco3)nc12. The second-order valence-corrected chi connectivity index (χ2v) is 6.05. The Morgan fingerprint density at radius 3 is 2.68 bits per heavy atom. The number of nitrogens with one attached hydrogen (secondary N) is 1. The summed E-state index contributed by atoms with van der Waals surface area (Å²) in [6.45, 7) is 0. The van der Waals surface area contributed by atoms with Crippen LogP contribution in [0.1, 0.15) is 0 Å². The van der Waals surface area contributed by atoms with Gasteiger partial charge in [0.05, 0.1) is 17.5 Å². The van der Waals surface area contributed by atoms with E-state index in [9.17, 15) is 0 Å². The normalized spacial score (nSPS) is 11.4. The van der Waals surface area contributed by atoms with Crippen LogP contribution in [0.3, 0.4) is 0 Å². The molecule has 0 fully saturated rings. The molecule has 3 aromatic carbocycles. The summed E-state index contributed by atoms with van der Waals surface area (Å²) < 4.78 is 5.43. The fourth-order valence-electron chi connectivity index (χ4n) is 3.31. The first-order chi connectivity index (χ1) is 12.3. The van der Waals surface area contributed by atoms with Gasteiger partial charge in [-0.3, -0.25) is 0 Å². The molecule has 2 aromatic heterocycles. The summed E-state index contributed by atoms with van der Waals surface area (Å²) in [7, 11) is 0. The Balaban J connectivity index is 1.74. The first-order valence-corrected chi connectivity index (χ1v) is 8.11. The number of anilines is 1. The predicted octanol–water partition coefficient (Wildman–Crippen LogP) is 5.23. The third-order valence-electron chi connectivity index (χ3n) is 4.47. The zero-order chi connectivity index (χ0) is 16.8. The molecule has 0 aliphatic heterocycles. The lowest BCUT2D eigenvalue weighted by Gasteiger charge is -2.08. The summed E-state index contributed by atoms with van der Waals surface area (Å²) >= 11 is 0. The van der Waals surface area contributed by atoms with Gasteiger partial charge in [-0.25, -0.2) is 4.98 Å². The number of benzene rings is 3. The van der Waals surface area contributed by atoms with E-state index < -0.39 is 0 Å². The number of nitrogens with two attached hydrogens (primary N) is 1. The van der Waals surface area contributed by atoms with Crippen LogP contribution in [-0.4, -0.2) is 9.97 Å². The molecule has 120 valence electrons. The number of H-pyrrole nitrogens is 1. The number of hydrogen-bond donors (Lipinski definition) is 2. The number of aromatic amines is 1. The maximum Gasteiger partial charge on any atom is 0.174 e. The van der Waals surface area contributed by atoms with Crippen molar-refractivity contribution in [1.29, 1.82) is 0 Å². The van der Waals surface area contributed by atoms with Crippen molar-refractivity contribution in [3.63, 3.8) is 0 Å². The highest BCUT2D eigenvalue weighted by molar-refractivity contribution is 6.01. The van der Waals surface area contributed by atoms with Gasteiger partial charge in [-0.15, -0.1) is 0 Å². The summed E-state index contributed by atoms with van der Waals surface area (Å²) in [5.74, 6) is 1.38. The Morgan fingerprint density at radius 2 is 1.80 bits per heavy atom. The van der Waals surface area contributed by atoms with Crippen molar-refractivity contribution in [3.8, 4) is 22.7 Å². The molecule has 0 saturated heterocycles. The van der Waals surface area contributed by atoms with E-state index in [1.54, 1.807) is 6.26 Å². The second kappa shape index (κ2) is 5.24. The Hall–Kier alpha value is -3.53. The molecule has 25 heavy (non-hydrogen) atoms. The highest BCUT2D eigenvalue weighted by Gasteiger charge is 2.12. The zero-order valence-corrected chi connectivity index (χ0v) is 13.4. The minimum atomic E-state index is 0.648. The number of aromatic nitrogens is 2. The van der Waals surface area contributed by atoms with E-state index in [1.807, 2.05) is 24.3 Å². The summed E-state index contributed by atoms with van der Waals surface area (Å²) in [6.07, 6.45) is 1.63. The molecule has 4 nitrogen and oxygen atoms in total. The molecule has 0 aliphatic rings. The number of nitrogens with zero attached hydrogens (tertiary/aromatic N) is 1. The lowest BCUT2D eigenvalue weighted by molar-refractivity contribution is 0.578. The van der Waals surface area contributed by atoms with E-state index in [0.717, 1.165) is 22.2 Å². The third-order valence-corrected chi connectivity index (χ3v) is 4.47. The van der Waals surface area contributed by atoms with Gasteiger partial charge in [0.15, 0.2) is 11.6 Å². The van der Waals surface area contributed by atoms with Gasteiger partial charge < -0.3 is 15.1 Å². The molecule has 0 atom stereocenters. The zero-order valence-electron chi connectivity index (χ0n) is 13.4. The fourth-order valence-corrected chi connectivity index (χ4v) is 3.31. The van der Waals surface area contributed by atoms with Gasteiger partial charge in [0, 0.05) is 0 Å². The number of fused-ring (bicyclic) bond motifs is 2. The van der Waals surface area contributed by atoms with Crippen molar-refractivity contribution in [3.05, 3.63) is 73.0 Å². The van der Waals surface area contributed by atoms with E-state index in [-0.39, 0.29) is 0 Å². The Bertz CT molecular complexity index is 1200. The largest absolute Gasteiger partial charge is 0.461 e. The van der Waals surface area contributed by atoms with Crippen molar-refractivity contribution in [2.75, 3.05) is 5.73 Å². The van der Waals surface area contributed by atoms with E-state index in [4.69, 9.17) is 10.2 Å². The average Bonchev–Trinajstić information content (AvgIpc) is 3.30. The lowest BCUT2D eigenvalue weighted by Crippen LogP contribution is -1.89. The van der Waals surface area contributed by atoms with Crippen LogP contribution in [0, 0.1) is 0 Å². The topological polar surface area (TPSA) is 67.8 Å². The maximum atomic E-state index is 6.29. The molecular formula is C21H15N3O. The van der Waals surface area contributed by atoms with Gasteiger partial charge in [0.1, 0.15) is 5.52 Å². The van der Waals surface area contributed by atoms with Crippen LogP contribution in [0.25, 0.3) is 44.5 Å². The van der Waals surface area contributed by atoms with E-state index >= 15 is 0 Å². The number of nitrogen functional groups attached to an aromatic ring is 1. The van der Waals surface area contributed by atoms with Crippen LogP contribution in [0.15, 0.2) is 77.4 Å². The monoisotopic (exact) mass is 325 g/mol. The minimum Gasteiger partial charge on any atom is -0.461 e. The predicted molar refractivity (Wildman–Crippen MR) is 101 cm³/mol. The smallest absolute Gasteiger partial charge is 0.174 e. The lowest BCUT2D eigenvalue weighted by atomic mass is 9.97. The van der Waals surface area contributed by atoms with Crippen LogP contribution in [-0.2, 0) is 0 Å². The standard InChI is InChI=1S/C21H15N3O/c22-17-11-14(16-8-3-6-13-5-1-2-7-15(13)16)12-18-20(17)24-21(23-18)19-9-4-10-25-19/h1-12H,22H2,(H,23,24). The van der Waals surface area contributed by atoms with E-state index in [0.29, 0.717) is 17.3 Å². The molecule has 5 rings (SSSR count). The Labute approximate surface area is 143 Å². The molecule has 4 heteroatoms.